The lowest BCUT2D eigenvalue weighted by Gasteiger charge is -2.07. The quantitative estimate of drug-likeness (QED) is 0.310. The molecule has 0 saturated carbocycles. The Morgan fingerprint density at radius 1 is 1.80 bits per heavy atom. The van der Waals surface area contributed by atoms with E-state index in [0.717, 1.165) is 11.9 Å². The second kappa shape index (κ2) is 3.50. The van der Waals surface area contributed by atoms with Crippen LogP contribution in [0, 0.1) is 0 Å². The fourth-order valence-electron chi connectivity index (χ4n) is 0.789. The van der Waals surface area contributed by atoms with E-state index in [9.17, 15) is 0 Å². The van der Waals surface area contributed by atoms with Crippen molar-refractivity contribution < 1.29 is 0 Å². The molecule has 0 fully saturated rings. The van der Waals surface area contributed by atoms with Crippen molar-refractivity contribution >= 4 is 25.2 Å². The Labute approximate surface area is 66.9 Å². The molecule has 0 aromatic carbocycles. The van der Waals surface area contributed by atoms with E-state index in [1.807, 2.05) is 18.2 Å². The zero-order valence-electron chi connectivity index (χ0n) is 5.45. The van der Waals surface area contributed by atoms with Gasteiger partial charge in [0.25, 0.3) is 0 Å². The summed E-state index contributed by atoms with van der Waals surface area (Å²) in [6.07, 6.45) is 6.53. The van der Waals surface area contributed by atoms with Gasteiger partial charge in [0.1, 0.15) is 7.85 Å². The molecule has 1 aliphatic carbocycles. The van der Waals surface area contributed by atoms with Crippen molar-refractivity contribution in [3.63, 3.8) is 0 Å². The molecule has 1 atom stereocenters. The van der Waals surface area contributed by atoms with Crippen LogP contribution >= 0.6 is 12.2 Å². The molecule has 0 heterocycles. The van der Waals surface area contributed by atoms with E-state index in [2.05, 4.69) is 22.4 Å². The Balaban J connectivity index is 2.60. The largest absolute Gasteiger partial charge is 0.225 e. The predicted molar refractivity (Wildman–Crippen MR) is 46.4 cm³/mol. The normalized spacial score (nSPS) is 23.2. The zero-order valence-corrected chi connectivity index (χ0v) is 6.27. The molecule has 0 bridgehead atoms. The molecule has 0 spiro atoms. The Bertz CT molecular complexity index is 226. The van der Waals surface area contributed by atoms with Gasteiger partial charge in [-0.25, -0.2) is 4.99 Å². The Morgan fingerprint density at radius 3 is 3.10 bits per heavy atom. The van der Waals surface area contributed by atoms with Crippen LogP contribution in [0.1, 0.15) is 6.42 Å². The van der Waals surface area contributed by atoms with Crippen molar-refractivity contribution in [2.24, 2.45) is 4.99 Å². The van der Waals surface area contributed by atoms with Crippen molar-refractivity contribution in [3.05, 3.63) is 23.7 Å². The first-order chi connectivity index (χ1) is 4.83. The molecule has 0 aromatic heterocycles. The summed E-state index contributed by atoms with van der Waals surface area (Å²) < 4.78 is 0. The van der Waals surface area contributed by atoms with Crippen LogP contribution in [-0.2, 0) is 0 Å². The number of hydrogen-bond acceptors (Lipinski definition) is 2. The second-order valence-electron chi connectivity index (χ2n) is 2.09. The molecule has 0 aromatic rings. The SMILES string of the molecule is [B]C1=CCC(N=C=S)C=C1. The average Bonchev–Trinajstić information content (AvgIpc) is 1.95. The van der Waals surface area contributed by atoms with E-state index in [1.54, 1.807) is 0 Å². The van der Waals surface area contributed by atoms with Crippen LogP contribution in [0.25, 0.3) is 0 Å². The monoisotopic (exact) mass is 147 g/mol. The molecule has 0 N–H and O–H groups in total. The molecule has 1 rings (SSSR count). The topological polar surface area (TPSA) is 12.4 Å². The third-order valence-corrected chi connectivity index (χ3v) is 1.43. The summed E-state index contributed by atoms with van der Waals surface area (Å²) in [6, 6.07) is 0.157. The zero-order chi connectivity index (χ0) is 7.40. The first-order valence-electron chi connectivity index (χ1n) is 3.04. The van der Waals surface area contributed by atoms with E-state index in [0.29, 0.717) is 0 Å². The van der Waals surface area contributed by atoms with Gasteiger partial charge in [0.05, 0.1) is 11.2 Å². The molecule has 48 valence electrons. The molecule has 1 aliphatic rings. The highest BCUT2D eigenvalue weighted by molar-refractivity contribution is 7.78. The lowest BCUT2D eigenvalue weighted by Crippen LogP contribution is -2.01. The smallest absolute Gasteiger partial charge is 0.113 e. The minimum absolute atomic E-state index is 0.157. The van der Waals surface area contributed by atoms with Crippen molar-refractivity contribution in [3.8, 4) is 0 Å². The van der Waals surface area contributed by atoms with E-state index in [4.69, 9.17) is 7.85 Å². The number of aliphatic imine (C=N–C) groups is 1. The second-order valence-corrected chi connectivity index (χ2v) is 2.27. The van der Waals surface area contributed by atoms with Gasteiger partial charge in [0.15, 0.2) is 0 Å². The van der Waals surface area contributed by atoms with Gasteiger partial charge in [-0.3, -0.25) is 0 Å². The van der Waals surface area contributed by atoms with Crippen LogP contribution < -0.4 is 0 Å². The van der Waals surface area contributed by atoms with Crippen LogP contribution in [0.2, 0.25) is 0 Å². The number of rotatable bonds is 1. The molecule has 1 unspecified atom stereocenters. The highest BCUT2D eigenvalue weighted by atomic mass is 32.1. The fourth-order valence-corrected chi connectivity index (χ4v) is 0.924. The van der Waals surface area contributed by atoms with Gasteiger partial charge < -0.3 is 0 Å². The van der Waals surface area contributed by atoms with Crippen molar-refractivity contribution in [2.75, 3.05) is 0 Å². The maximum atomic E-state index is 5.48. The molecular formula is C7H6BNS. The summed E-state index contributed by atoms with van der Waals surface area (Å²) in [5.74, 6) is 0. The van der Waals surface area contributed by atoms with E-state index >= 15 is 0 Å². The molecule has 3 heteroatoms. The Morgan fingerprint density at radius 2 is 2.60 bits per heavy atom. The molecule has 0 amide bonds. The third-order valence-electron chi connectivity index (χ3n) is 1.32. The van der Waals surface area contributed by atoms with E-state index in [-0.39, 0.29) is 6.04 Å². The van der Waals surface area contributed by atoms with Crippen molar-refractivity contribution in [2.45, 2.75) is 12.5 Å². The van der Waals surface area contributed by atoms with E-state index < -0.39 is 0 Å². The van der Waals surface area contributed by atoms with E-state index in [1.165, 1.54) is 0 Å². The van der Waals surface area contributed by atoms with Gasteiger partial charge in [-0.15, -0.1) is 5.47 Å². The van der Waals surface area contributed by atoms with Crippen molar-refractivity contribution in [1.82, 2.24) is 0 Å². The number of thiocarbonyl (C=S) groups is 1. The minimum atomic E-state index is 0.157. The standard InChI is InChI=1S/C7H6BNS/c8-6-1-3-7(4-2-6)9-5-10/h1-3,7H,4H2. The van der Waals surface area contributed by atoms with Crippen LogP contribution in [-0.4, -0.2) is 19.0 Å². The van der Waals surface area contributed by atoms with Gasteiger partial charge in [0.2, 0.25) is 0 Å². The van der Waals surface area contributed by atoms with Crippen LogP contribution in [0.3, 0.4) is 0 Å². The Kier molecular flexibility index (Phi) is 2.61. The summed E-state index contributed by atoms with van der Waals surface area (Å²) in [4.78, 5) is 3.90. The first-order valence-corrected chi connectivity index (χ1v) is 3.44. The maximum absolute atomic E-state index is 5.48. The average molecular weight is 147 g/mol. The third kappa shape index (κ3) is 1.94. The molecule has 0 aliphatic heterocycles. The highest BCUT2D eigenvalue weighted by Crippen LogP contribution is 2.09. The number of isothiocyanates is 1. The van der Waals surface area contributed by atoms with Gasteiger partial charge >= 0.3 is 0 Å². The lowest BCUT2D eigenvalue weighted by molar-refractivity contribution is 0.832. The molecule has 1 nitrogen and oxygen atoms in total. The first kappa shape index (κ1) is 7.45. The van der Waals surface area contributed by atoms with Crippen LogP contribution in [0.15, 0.2) is 28.7 Å². The minimum Gasteiger partial charge on any atom is -0.225 e. The number of hydrogen-bond donors (Lipinski definition) is 0. The predicted octanol–water partition coefficient (Wildman–Crippen LogP) is 1.47. The Hall–Kier alpha value is -0.655. The van der Waals surface area contributed by atoms with Gasteiger partial charge in [-0.2, -0.15) is 0 Å². The lowest BCUT2D eigenvalue weighted by atomic mass is 9.89. The highest BCUT2D eigenvalue weighted by Gasteiger charge is 2.02. The van der Waals surface area contributed by atoms with Crippen LogP contribution in [0.5, 0.6) is 0 Å². The van der Waals surface area contributed by atoms with Gasteiger partial charge in [-0.1, -0.05) is 18.2 Å². The van der Waals surface area contributed by atoms with Crippen molar-refractivity contribution in [1.29, 1.82) is 0 Å². The fraction of sp³-hybridized carbons (Fsp3) is 0.286. The number of nitrogens with zero attached hydrogens (tertiary/aromatic N) is 1. The van der Waals surface area contributed by atoms with Gasteiger partial charge in [-0.05, 0) is 18.6 Å². The molecule has 0 saturated heterocycles. The molecule has 2 radical (unpaired) electrons. The maximum Gasteiger partial charge on any atom is 0.113 e. The summed E-state index contributed by atoms with van der Waals surface area (Å²) in [5.41, 5.74) is 0.802. The number of allylic oxidation sites excluding steroid dienone is 2. The molecule has 10 heavy (non-hydrogen) atoms. The van der Waals surface area contributed by atoms with Crippen LogP contribution in [0.4, 0.5) is 0 Å². The summed E-state index contributed by atoms with van der Waals surface area (Å²) >= 11 is 4.46. The summed E-state index contributed by atoms with van der Waals surface area (Å²) in [6.45, 7) is 0. The summed E-state index contributed by atoms with van der Waals surface area (Å²) in [7, 11) is 5.48. The van der Waals surface area contributed by atoms with Gasteiger partial charge in [0, 0.05) is 0 Å². The summed E-state index contributed by atoms with van der Waals surface area (Å²) in [5, 5.41) is 2.34. The molecular weight excluding hydrogens is 141 g/mol.